The molecule has 0 radical (unpaired) electrons. The number of H-pyrrole nitrogens is 1. The van der Waals surface area contributed by atoms with Gasteiger partial charge in [0.2, 0.25) is 11.8 Å². The molecule has 2 saturated heterocycles. The lowest BCUT2D eigenvalue weighted by Gasteiger charge is -2.28. The summed E-state index contributed by atoms with van der Waals surface area (Å²) in [5.74, 6) is 0.159. The molecule has 2 aliphatic heterocycles. The van der Waals surface area contributed by atoms with E-state index in [1.54, 1.807) is 18.1 Å². The van der Waals surface area contributed by atoms with Crippen molar-refractivity contribution in [1.82, 2.24) is 20.5 Å². The van der Waals surface area contributed by atoms with Gasteiger partial charge in [0.1, 0.15) is 23.5 Å². The van der Waals surface area contributed by atoms with Crippen molar-refractivity contribution in [3.8, 4) is 11.8 Å². The molecule has 3 N–H and O–H groups in total. The van der Waals surface area contributed by atoms with Crippen molar-refractivity contribution in [3.05, 3.63) is 30.0 Å². The lowest BCUT2D eigenvalue weighted by atomic mass is 9.92. The van der Waals surface area contributed by atoms with Gasteiger partial charge in [-0.25, -0.2) is 0 Å². The average Bonchev–Trinajstić information content (AvgIpc) is 3.61. The van der Waals surface area contributed by atoms with Crippen molar-refractivity contribution in [2.24, 2.45) is 17.8 Å². The number of aromatic amines is 1. The Bertz CT molecular complexity index is 1170. The number of fused-ring (bicyclic) bond motifs is 2. The van der Waals surface area contributed by atoms with Gasteiger partial charge in [0, 0.05) is 29.9 Å². The number of nitrogens with one attached hydrogen (secondary N) is 3. The van der Waals surface area contributed by atoms with Crippen LogP contribution in [0.4, 0.5) is 0 Å². The molecule has 5 rings (SSSR count). The van der Waals surface area contributed by atoms with Crippen molar-refractivity contribution in [3.63, 3.8) is 0 Å². The molecule has 2 aromatic rings. The van der Waals surface area contributed by atoms with Crippen LogP contribution in [0.5, 0.6) is 5.75 Å². The molecule has 3 heterocycles. The van der Waals surface area contributed by atoms with Crippen molar-refractivity contribution in [1.29, 1.82) is 5.26 Å². The van der Waals surface area contributed by atoms with Crippen LogP contribution >= 0.6 is 0 Å². The summed E-state index contributed by atoms with van der Waals surface area (Å²) in [5.41, 5.74) is 1.21. The van der Waals surface area contributed by atoms with E-state index in [2.05, 4.69) is 21.7 Å². The van der Waals surface area contributed by atoms with Crippen LogP contribution < -0.4 is 15.4 Å². The minimum atomic E-state index is -0.768. The summed E-state index contributed by atoms with van der Waals surface area (Å²) in [4.78, 5) is 43.8. The molecule has 178 valence electrons. The van der Waals surface area contributed by atoms with E-state index in [1.807, 2.05) is 18.2 Å². The van der Waals surface area contributed by atoms with E-state index in [1.165, 1.54) is 0 Å². The molecule has 9 heteroatoms. The first-order chi connectivity index (χ1) is 16.5. The lowest BCUT2D eigenvalue weighted by Crippen LogP contribution is -2.51. The third-order valence-corrected chi connectivity index (χ3v) is 7.65. The van der Waals surface area contributed by atoms with Crippen LogP contribution in [0.3, 0.4) is 0 Å². The lowest BCUT2D eigenvalue weighted by molar-refractivity contribution is -0.127. The van der Waals surface area contributed by atoms with Crippen molar-refractivity contribution in [2.75, 3.05) is 20.2 Å². The van der Waals surface area contributed by atoms with Crippen LogP contribution in [-0.4, -0.2) is 59.9 Å². The minimum absolute atomic E-state index is 0.0720. The number of methoxy groups -OCH3 is 1. The fourth-order valence-corrected chi connectivity index (χ4v) is 5.98. The van der Waals surface area contributed by atoms with Gasteiger partial charge < -0.3 is 25.3 Å². The maximum atomic E-state index is 13.6. The molecule has 1 aliphatic carbocycles. The Kier molecular flexibility index (Phi) is 5.90. The van der Waals surface area contributed by atoms with Gasteiger partial charge in [0.15, 0.2) is 0 Å². The van der Waals surface area contributed by atoms with Gasteiger partial charge in [0.25, 0.3) is 5.91 Å². The number of carbonyl (C=O) groups is 3. The molecule has 34 heavy (non-hydrogen) atoms. The van der Waals surface area contributed by atoms with E-state index in [-0.39, 0.29) is 41.9 Å². The highest BCUT2D eigenvalue weighted by Crippen LogP contribution is 2.43. The number of benzene rings is 1. The van der Waals surface area contributed by atoms with E-state index in [4.69, 9.17) is 4.74 Å². The Labute approximate surface area is 197 Å². The molecule has 2 unspecified atom stereocenters. The summed E-state index contributed by atoms with van der Waals surface area (Å²) >= 11 is 0. The van der Waals surface area contributed by atoms with Gasteiger partial charge in [-0.1, -0.05) is 12.5 Å². The molecule has 3 fully saturated rings. The van der Waals surface area contributed by atoms with E-state index in [9.17, 15) is 19.6 Å². The highest BCUT2D eigenvalue weighted by Gasteiger charge is 2.50. The van der Waals surface area contributed by atoms with E-state index in [0.29, 0.717) is 31.0 Å². The van der Waals surface area contributed by atoms with Crippen molar-refractivity contribution >= 4 is 28.6 Å². The molecule has 0 bridgehead atoms. The number of amides is 3. The smallest absolute Gasteiger partial charge is 0.271 e. The summed E-state index contributed by atoms with van der Waals surface area (Å²) in [5, 5.41) is 16.1. The quantitative estimate of drug-likeness (QED) is 0.603. The van der Waals surface area contributed by atoms with Gasteiger partial charge in [-0.15, -0.1) is 0 Å². The normalized spacial score (nSPS) is 26.7. The zero-order chi connectivity index (χ0) is 23.8. The predicted molar refractivity (Wildman–Crippen MR) is 124 cm³/mol. The third-order valence-electron chi connectivity index (χ3n) is 7.65. The van der Waals surface area contributed by atoms with E-state index < -0.39 is 12.1 Å². The molecular weight excluding hydrogens is 434 g/mol. The maximum absolute atomic E-state index is 13.6. The molecule has 5 atom stereocenters. The Morgan fingerprint density at radius 2 is 2.18 bits per heavy atom. The van der Waals surface area contributed by atoms with E-state index >= 15 is 0 Å². The van der Waals surface area contributed by atoms with Crippen molar-refractivity contribution < 1.29 is 19.1 Å². The number of likely N-dealkylation sites (tertiary alicyclic amines) is 1. The number of aromatic nitrogens is 1. The van der Waals surface area contributed by atoms with Gasteiger partial charge >= 0.3 is 0 Å². The van der Waals surface area contributed by atoms with Gasteiger partial charge in [-0.2, -0.15) is 5.26 Å². The summed E-state index contributed by atoms with van der Waals surface area (Å²) in [6.45, 7) is 1.12. The largest absolute Gasteiger partial charge is 0.496 e. The molecule has 1 aromatic heterocycles. The second kappa shape index (κ2) is 9.01. The zero-order valence-electron chi connectivity index (χ0n) is 19.2. The summed E-state index contributed by atoms with van der Waals surface area (Å²) in [6, 6.07) is 8.10. The Morgan fingerprint density at radius 3 is 2.91 bits per heavy atom. The fraction of sp³-hybridized carbons (Fsp3) is 0.520. The molecule has 0 spiro atoms. The number of carbonyl (C=O) groups excluding carboxylic acids is 3. The molecule has 3 aliphatic rings. The van der Waals surface area contributed by atoms with Crippen LogP contribution in [0.25, 0.3) is 10.9 Å². The highest BCUT2D eigenvalue weighted by molar-refractivity contribution is 6.02. The van der Waals surface area contributed by atoms with Gasteiger partial charge in [-0.3, -0.25) is 14.4 Å². The molecule has 1 saturated carbocycles. The number of hydrogen-bond donors (Lipinski definition) is 3. The Morgan fingerprint density at radius 1 is 1.32 bits per heavy atom. The SMILES string of the molecule is COc1cccc2[nH]c(C(=O)N3CC4CCCC4[C@H]3C(=O)N[C@H](C#N)C[C@@H]3CCNC3=O)cc12. The monoisotopic (exact) mass is 463 g/mol. The second-order valence-electron chi connectivity index (χ2n) is 9.56. The molecular formula is C25H29N5O4. The maximum Gasteiger partial charge on any atom is 0.271 e. The first kappa shape index (κ1) is 22.3. The summed E-state index contributed by atoms with van der Waals surface area (Å²) in [7, 11) is 1.59. The van der Waals surface area contributed by atoms with Crippen LogP contribution in [0.1, 0.15) is 42.6 Å². The second-order valence-corrected chi connectivity index (χ2v) is 9.56. The summed E-state index contributed by atoms with van der Waals surface area (Å²) < 4.78 is 5.42. The number of nitrogens with zero attached hydrogens (tertiary/aromatic N) is 2. The topological polar surface area (TPSA) is 127 Å². The fourth-order valence-electron chi connectivity index (χ4n) is 5.98. The molecule has 9 nitrogen and oxygen atoms in total. The molecule has 1 aromatic carbocycles. The number of nitriles is 1. The van der Waals surface area contributed by atoms with Crippen LogP contribution in [-0.2, 0) is 9.59 Å². The van der Waals surface area contributed by atoms with Gasteiger partial charge in [0.05, 0.1) is 13.2 Å². The Balaban J connectivity index is 1.37. The number of rotatable bonds is 6. The predicted octanol–water partition coefficient (Wildman–Crippen LogP) is 1.95. The third kappa shape index (κ3) is 3.87. The number of ether oxygens (including phenoxy) is 1. The Hall–Kier alpha value is -3.54. The van der Waals surface area contributed by atoms with E-state index in [0.717, 1.165) is 30.2 Å². The minimum Gasteiger partial charge on any atom is -0.496 e. The van der Waals surface area contributed by atoms with Crippen LogP contribution in [0.15, 0.2) is 24.3 Å². The first-order valence-corrected chi connectivity index (χ1v) is 11.9. The van der Waals surface area contributed by atoms with Crippen molar-refractivity contribution in [2.45, 2.75) is 44.2 Å². The average molecular weight is 464 g/mol. The molecule has 3 amide bonds. The summed E-state index contributed by atoms with van der Waals surface area (Å²) in [6.07, 6.45) is 3.85. The van der Waals surface area contributed by atoms with Crippen LogP contribution in [0.2, 0.25) is 0 Å². The highest BCUT2D eigenvalue weighted by atomic mass is 16.5. The number of hydrogen-bond acceptors (Lipinski definition) is 5. The first-order valence-electron chi connectivity index (χ1n) is 11.9. The standard InChI is InChI=1S/C25H29N5O4/c1-34-21-7-3-6-19-18(21)11-20(29-19)25(33)30-13-15-4-2-5-17(15)22(30)24(32)28-16(12-26)10-14-8-9-27-23(14)31/h3,6-7,11,14-17,22,29H,2,4-5,8-10,13H2,1H3,(H,27,31)(H,28,32)/t14-,15?,16-,17?,22-/m0/s1. The van der Waals surface area contributed by atoms with Crippen LogP contribution in [0, 0.1) is 29.1 Å². The zero-order valence-corrected chi connectivity index (χ0v) is 19.2. The van der Waals surface area contributed by atoms with Gasteiger partial charge in [-0.05, 0) is 55.7 Å².